The van der Waals surface area contributed by atoms with Crippen LogP contribution in [-0.4, -0.2) is 26.1 Å². The van der Waals surface area contributed by atoms with Crippen molar-refractivity contribution in [3.63, 3.8) is 0 Å². The lowest BCUT2D eigenvalue weighted by Gasteiger charge is -2.19. The van der Waals surface area contributed by atoms with Crippen LogP contribution in [0.2, 0.25) is 0 Å². The summed E-state index contributed by atoms with van der Waals surface area (Å²) in [6, 6.07) is 1.48. The van der Waals surface area contributed by atoms with Gasteiger partial charge in [-0.2, -0.15) is 0 Å². The van der Waals surface area contributed by atoms with Gasteiger partial charge in [-0.25, -0.2) is 5.43 Å². The zero-order chi connectivity index (χ0) is 14.6. The van der Waals surface area contributed by atoms with E-state index < -0.39 is 6.04 Å². The fourth-order valence-electron chi connectivity index (χ4n) is 2.16. The smallest absolute Gasteiger partial charge is 0.251 e. The molecule has 1 rings (SSSR count). The van der Waals surface area contributed by atoms with Crippen LogP contribution in [-0.2, 0) is 11.2 Å². The third-order valence-electron chi connectivity index (χ3n) is 3.33. The van der Waals surface area contributed by atoms with Gasteiger partial charge in [0.2, 0.25) is 0 Å². The van der Waals surface area contributed by atoms with Gasteiger partial charge in [-0.1, -0.05) is 6.07 Å². The average molecular weight is 265 g/mol. The largest absolute Gasteiger partial charge is 0.496 e. The molecule has 0 radical (unpaired) electrons. The van der Waals surface area contributed by atoms with E-state index in [9.17, 15) is 4.79 Å². The van der Waals surface area contributed by atoms with Crippen molar-refractivity contribution in [1.82, 2.24) is 10.9 Å². The van der Waals surface area contributed by atoms with Gasteiger partial charge in [0.25, 0.3) is 5.91 Å². The predicted octanol–water partition coefficient (Wildman–Crippen LogP) is 0.741. The molecule has 0 aliphatic rings. The molecule has 1 aromatic rings. The Morgan fingerprint density at radius 2 is 2.00 bits per heavy atom. The summed E-state index contributed by atoms with van der Waals surface area (Å²) in [5, 5.41) is 0. The molecule has 5 nitrogen and oxygen atoms in total. The van der Waals surface area contributed by atoms with Gasteiger partial charge in [-0.3, -0.25) is 10.2 Å². The van der Waals surface area contributed by atoms with Crippen LogP contribution in [0.15, 0.2) is 6.07 Å². The second kappa shape index (κ2) is 6.54. The Labute approximate surface area is 114 Å². The highest BCUT2D eigenvalue weighted by Gasteiger charge is 2.19. The number of hydrazine groups is 1. The molecule has 19 heavy (non-hydrogen) atoms. The van der Waals surface area contributed by atoms with Gasteiger partial charge < -0.3 is 10.5 Å². The number of ether oxygens (including phenoxy) is 1. The zero-order valence-electron chi connectivity index (χ0n) is 12.3. The van der Waals surface area contributed by atoms with Crippen LogP contribution >= 0.6 is 0 Å². The van der Waals surface area contributed by atoms with Gasteiger partial charge in [-0.15, -0.1) is 0 Å². The van der Waals surface area contributed by atoms with Crippen molar-refractivity contribution < 1.29 is 9.53 Å². The molecule has 106 valence electrons. The van der Waals surface area contributed by atoms with Crippen LogP contribution in [0.3, 0.4) is 0 Å². The van der Waals surface area contributed by atoms with Crippen molar-refractivity contribution in [2.45, 2.75) is 33.2 Å². The molecule has 0 bridgehead atoms. The maximum atomic E-state index is 11.7. The van der Waals surface area contributed by atoms with E-state index in [1.807, 2.05) is 20.8 Å². The van der Waals surface area contributed by atoms with Crippen LogP contribution in [0, 0.1) is 20.8 Å². The first-order valence-electron chi connectivity index (χ1n) is 6.28. The highest BCUT2D eigenvalue weighted by Crippen LogP contribution is 2.30. The van der Waals surface area contributed by atoms with Gasteiger partial charge in [0, 0.05) is 13.5 Å². The summed E-state index contributed by atoms with van der Waals surface area (Å²) >= 11 is 0. The quantitative estimate of drug-likeness (QED) is 0.686. The van der Waals surface area contributed by atoms with E-state index in [0.717, 1.165) is 22.4 Å². The Balaban J connectivity index is 3.07. The Bertz CT molecular complexity index is 472. The van der Waals surface area contributed by atoms with Crippen molar-refractivity contribution in [3.05, 3.63) is 28.3 Å². The third kappa shape index (κ3) is 3.45. The standard InChI is InChI=1S/C14H23N3O2/c1-8-6-9(2)11(13(19-5)10(8)3)7-12(15)14(18)17-16-4/h6,12,16H,7,15H2,1-5H3,(H,17,18). The van der Waals surface area contributed by atoms with E-state index >= 15 is 0 Å². The van der Waals surface area contributed by atoms with Gasteiger partial charge >= 0.3 is 0 Å². The molecule has 1 atom stereocenters. The lowest BCUT2D eigenvalue weighted by molar-refractivity contribution is -0.123. The first kappa shape index (κ1) is 15.5. The van der Waals surface area contributed by atoms with E-state index in [4.69, 9.17) is 10.5 Å². The van der Waals surface area contributed by atoms with Crippen LogP contribution in [0.1, 0.15) is 22.3 Å². The number of methoxy groups -OCH3 is 1. The Morgan fingerprint density at radius 1 is 1.37 bits per heavy atom. The lowest BCUT2D eigenvalue weighted by atomic mass is 9.94. The summed E-state index contributed by atoms with van der Waals surface area (Å²) in [5.74, 6) is 0.590. The minimum atomic E-state index is -0.609. The van der Waals surface area contributed by atoms with Crippen molar-refractivity contribution in [3.8, 4) is 5.75 Å². The van der Waals surface area contributed by atoms with E-state index in [2.05, 4.69) is 16.9 Å². The second-order valence-corrected chi connectivity index (χ2v) is 4.70. The molecule has 1 amide bonds. The second-order valence-electron chi connectivity index (χ2n) is 4.70. The molecule has 0 fully saturated rings. The topological polar surface area (TPSA) is 76.4 Å². The first-order valence-corrected chi connectivity index (χ1v) is 6.28. The minimum Gasteiger partial charge on any atom is -0.496 e. The molecular formula is C14H23N3O2. The zero-order valence-corrected chi connectivity index (χ0v) is 12.3. The van der Waals surface area contributed by atoms with Gasteiger partial charge in [-0.05, 0) is 43.0 Å². The normalized spacial score (nSPS) is 12.1. The van der Waals surface area contributed by atoms with Gasteiger partial charge in [0.15, 0.2) is 0 Å². The molecule has 4 N–H and O–H groups in total. The Morgan fingerprint density at radius 3 is 2.53 bits per heavy atom. The summed E-state index contributed by atoms with van der Waals surface area (Å²) in [7, 11) is 3.27. The van der Waals surface area contributed by atoms with E-state index in [1.54, 1.807) is 14.2 Å². The fourth-order valence-corrected chi connectivity index (χ4v) is 2.16. The molecular weight excluding hydrogens is 242 g/mol. The monoisotopic (exact) mass is 265 g/mol. The molecule has 0 heterocycles. The average Bonchev–Trinajstić information content (AvgIpc) is 2.36. The van der Waals surface area contributed by atoms with E-state index in [1.165, 1.54) is 5.56 Å². The summed E-state index contributed by atoms with van der Waals surface area (Å²) in [6.45, 7) is 6.06. The number of carbonyl (C=O) groups is 1. The number of aryl methyl sites for hydroxylation is 2. The predicted molar refractivity (Wildman–Crippen MR) is 76.1 cm³/mol. The number of rotatable bonds is 5. The Hall–Kier alpha value is -1.59. The summed E-state index contributed by atoms with van der Waals surface area (Å²) in [4.78, 5) is 11.7. The molecule has 0 aliphatic heterocycles. The molecule has 1 aromatic carbocycles. The van der Waals surface area contributed by atoms with Crippen LogP contribution in [0.4, 0.5) is 0 Å². The molecule has 0 spiro atoms. The summed E-state index contributed by atoms with van der Waals surface area (Å²) in [5.41, 5.74) is 15.3. The van der Waals surface area contributed by atoms with E-state index in [-0.39, 0.29) is 5.91 Å². The van der Waals surface area contributed by atoms with Crippen molar-refractivity contribution in [1.29, 1.82) is 0 Å². The third-order valence-corrected chi connectivity index (χ3v) is 3.33. The van der Waals surface area contributed by atoms with Crippen LogP contribution in [0.25, 0.3) is 0 Å². The molecule has 0 aliphatic carbocycles. The molecule has 0 saturated heterocycles. The van der Waals surface area contributed by atoms with Crippen LogP contribution < -0.4 is 21.3 Å². The summed E-state index contributed by atoms with van der Waals surface area (Å²) < 4.78 is 5.48. The number of nitrogens with two attached hydrogens (primary N) is 1. The number of nitrogens with one attached hydrogen (secondary N) is 2. The van der Waals surface area contributed by atoms with Gasteiger partial charge in [0.1, 0.15) is 5.75 Å². The van der Waals surface area contributed by atoms with Crippen molar-refractivity contribution >= 4 is 5.91 Å². The molecule has 5 heteroatoms. The number of hydrogen-bond donors (Lipinski definition) is 3. The number of amides is 1. The van der Waals surface area contributed by atoms with Crippen LogP contribution in [0.5, 0.6) is 5.75 Å². The maximum absolute atomic E-state index is 11.7. The highest BCUT2D eigenvalue weighted by molar-refractivity contribution is 5.81. The molecule has 0 saturated carbocycles. The fraction of sp³-hybridized carbons (Fsp3) is 0.500. The first-order chi connectivity index (χ1) is 8.92. The van der Waals surface area contributed by atoms with Gasteiger partial charge in [0.05, 0.1) is 13.2 Å². The maximum Gasteiger partial charge on any atom is 0.251 e. The number of carbonyl (C=O) groups excluding carboxylic acids is 1. The number of benzene rings is 1. The Kier molecular flexibility index (Phi) is 5.32. The molecule has 0 aromatic heterocycles. The summed E-state index contributed by atoms with van der Waals surface area (Å²) in [6.07, 6.45) is 0.448. The molecule has 1 unspecified atom stereocenters. The highest BCUT2D eigenvalue weighted by atomic mass is 16.5. The lowest BCUT2D eigenvalue weighted by Crippen LogP contribution is -2.46. The minimum absolute atomic E-state index is 0.234. The number of hydrogen-bond acceptors (Lipinski definition) is 4. The van der Waals surface area contributed by atoms with Crippen molar-refractivity contribution in [2.24, 2.45) is 5.73 Å². The van der Waals surface area contributed by atoms with Crippen molar-refractivity contribution in [2.75, 3.05) is 14.2 Å². The SMILES string of the molecule is CNNC(=O)C(N)Cc1c(C)cc(C)c(C)c1OC. The van der Waals surface area contributed by atoms with E-state index in [0.29, 0.717) is 6.42 Å².